The minimum atomic E-state index is -3.64. The molecule has 0 rings (SSSR count). The van der Waals surface area contributed by atoms with Gasteiger partial charge in [0.2, 0.25) is 0 Å². The van der Waals surface area contributed by atoms with Gasteiger partial charge in [-0.25, -0.2) is 0 Å². The Kier molecular flexibility index (Phi) is 10.4. The van der Waals surface area contributed by atoms with Crippen LogP contribution in [-0.4, -0.2) is 9.66 Å². The van der Waals surface area contributed by atoms with Crippen LogP contribution in [0.5, 0.6) is 0 Å². The number of unbranched alkanes of at least 4 members (excludes halogenated alkanes) is 6. The van der Waals surface area contributed by atoms with Gasteiger partial charge in [-0.1, -0.05) is 0 Å². The Bertz CT molecular complexity index is 194. The van der Waals surface area contributed by atoms with Crippen molar-refractivity contribution in [3.8, 4) is 0 Å². The molecule has 0 amide bonds. The van der Waals surface area contributed by atoms with E-state index in [0.29, 0.717) is 0 Å². The summed E-state index contributed by atoms with van der Waals surface area (Å²) in [6, 6.07) is 0. The summed E-state index contributed by atoms with van der Waals surface area (Å²) in [5, 5.41) is 0. The van der Waals surface area contributed by atoms with E-state index in [4.69, 9.17) is 3.69 Å². The second-order valence-corrected chi connectivity index (χ2v) is 4.76. The van der Waals surface area contributed by atoms with Crippen molar-refractivity contribution < 1.29 is 33.7 Å². The molecule has 0 unspecified atom stereocenters. The summed E-state index contributed by atoms with van der Waals surface area (Å²) in [5.41, 5.74) is 0. The third kappa shape index (κ3) is 11.9. The third-order valence-corrected chi connectivity index (χ3v) is 2.81. The Morgan fingerprint density at radius 1 is 1.13 bits per heavy atom. The van der Waals surface area contributed by atoms with Crippen LogP contribution >= 0.6 is 0 Å². The molecule has 1 N–H and O–H groups in total. The van der Waals surface area contributed by atoms with E-state index in [0.717, 1.165) is 19.3 Å². The zero-order valence-electron chi connectivity index (χ0n) is 9.33. The topological polar surface area (TPSA) is 63.6 Å². The van der Waals surface area contributed by atoms with E-state index in [9.17, 15) is 8.12 Å². The molecule has 0 aliphatic carbocycles. The van der Waals surface area contributed by atoms with Gasteiger partial charge in [0.05, 0.1) is 0 Å². The first-order valence-electron chi connectivity index (χ1n) is 5.60. The summed E-state index contributed by atoms with van der Waals surface area (Å²) in [5.74, 6) is -0.531. The van der Waals surface area contributed by atoms with E-state index in [1.165, 1.54) is 25.7 Å². The van der Waals surface area contributed by atoms with Gasteiger partial charge in [-0.3, -0.25) is 0 Å². The molecule has 0 atom stereocenters. The van der Waals surface area contributed by atoms with E-state index in [2.05, 4.69) is 10.2 Å². The van der Waals surface area contributed by atoms with E-state index < -0.39 is 24.6 Å². The van der Waals surface area contributed by atoms with Crippen LogP contribution in [0.1, 0.15) is 58.3 Å². The molecule has 0 saturated carbocycles. The molecule has 0 saturated heterocycles. The van der Waals surface area contributed by atoms with E-state index in [1.807, 2.05) is 0 Å². The van der Waals surface area contributed by atoms with Crippen molar-refractivity contribution in [3.05, 3.63) is 0 Å². The summed E-state index contributed by atoms with van der Waals surface area (Å²) in [6.45, 7) is 2.18. The van der Waals surface area contributed by atoms with Gasteiger partial charge in [0.1, 0.15) is 0 Å². The van der Waals surface area contributed by atoms with Crippen molar-refractivity contribution >= 4 is 5.97 Å². The zero-order valence-corrected chi connectivity index (χ0v) is 10.9. The predicted molar refractivity (Wildman–Crippen MR) is 51.6 cm³/mol. The van der Waals surface area contributed by atoms with Crippen LogP contribution in [0.2, 0.25) is 0 Å². The van der Waals surface area contributed by atoms with Crippen molar-refractivity contribution in [1.29, 1.82) is 0 Å². The Morgan fingerprint density at radius 3 is 2.20 bits per heavy atom. The van der Waals surface area contributed by atoms with Gasteiger partial charge >= 0.3 is 98.0 Å². The van der Waals surface area contributed by atoms with Crippen LogP contribution < -0.4 is 0 Å². The van der Waals surface area contributed by atoms with Crippen LogP contribution in [0.4, 0.5) is 0 Å². The maximum absolute atomic E-state index is 10.8. The molecule has 15 heavy (non-hydrogen) atoms. The van der Waals surface area contributed by atoms with Gasteiger partial charge in [-0.15, -0.1) is 0 Å². The Morgan fingerprint density at radius 2 is 1.67 bits per heavy atom. The third-order valence-electron chi connectivity index (χ3n) is 2.19. The van der Waals surface area contributed by atoms with Crippen LogP contribution in [-0.2, 0) is 30.1 Å². The Labute approximate surface area is 98.1 Å². The fraction of sp³-hybridized carbons (Fsp3) is 0.900. The van der Waals surface area contributed by atoms with E-state index in [-0.39, 0.29) is 6.42 Å². The minimum absolute atomic E-state index is 0.271. The summed E-state index contributed by atoms with van der Waals surface area (Å²) < 4.78 is 22.8. The first kappa shape index (κ1) is 14.9. The molecule has 0 bridgehead atoms. The zero-order chi connectivity index (χ0) is 11.5. The van der Waals surface area contributed by atoms with Crippen LogP contribution in [0.25, 0.3) is 0 Å². The van der Waals surface area contributed by atoms with Crippen LogP contribution in [0.15, 0.2) is 0 Å². The monoisotopic (exact) mass is 252 g/mol. The maximum atomic E-state index is 10.8. The first-order chi connectivity index (χ1) is 7.16. The van der Waals surface area contributed by atoms with Gasteiger partial charge in [-0.2, -0.15) is 0 Å². The Hall–Kier alpha value is -0.0557. The molecule has 4 nitrogen and oxygen atoms in total. The average Bonchev–Trinajstić information content (AvgIpc) is 2.15. The molecular formula is C10H20O4Ti. The van der Waals surface area contributed by atoms with Crippen molar-refractivity contribution in [2.24, 2.45) is 0 Å². The van der Waals surface area contributed by atoms with Gasteiger partial charge in [0, 0.05) is 0 Å². The molecule has 0 aromatic carbocycles. The van der Waals surface area contributed by atoms with Crippen molar-refractivity contribution in [1.82, 2.24) is 0 Å². The van der Waals surface area contributed by atoms with E-state index >= 15 is 0 Å². The van der Waals surface area contributed by atoms with Crippen LogP contribution in [0.3, 0.4) is 0 Å². The quantitative estimate of drug-likeness (QED) is 0.505. The molecule has 0 aromatic heterocycles. The normalized spacial score (nSPS) is 10.0. The first-order valence-corrected chi connectivity index (χ1v) is 7.57. The molecule has 0 aliphatic rings. The molecular weight excluding hydrogens is 232 g/mol. The van der Waals surface area contributed by atoms with Crippen LogP contribution in [0, 0.1) is 0 Å². The summed E-state index contributed by atoms with van der Waals surface area (Å²) in [6.07, 6.45) is 8.14. The molecule has 0 aliphatic heterocycles. The second-order valence-electron chi connectivity index (χ2n) is 3.61. The summed E-state index contributed by atoms with van der Waals surface area (Å²) >= 11 is -3.64. The molecule has 0 aromatic rings. The number of hydrogen-bond acceptors (Lipinski definition) is 3. The van der Waals surface area contributed by atoms with Gasteiger partial charge < -0.3 is 0 Å². The van der Waals surface area contributed by atoms with E-state index in [1.54, 1.807) is 0 Å². The van der Waals surface area contributed by atoms with Gasteiger partial charge in [0.15, 0.2) is 0 Å². The predicted octanol–water partition coefficient (Wildman–Crippen LogP) is 2.46. The average molecular weight is 252 g/mol. The number of carbonyl (C=O) groups excluding carboxylic acids is 1. The van der Waals surface area contributed by atoms with Crippen molar-refractivity contribution in [3.63, 3.8) is 0 Å². The number of rotatable bonds is 9. The number of hydrogen-bond donors (Lipinski definition) is 1. The molecule has 88 valence electrons. The fourth-order valence-corrected chi connectivity index (χ4v) is 1.84. The standard InChI is InChI=1S/C10H20O2.H2O.O.Ti/c1-2-3-4-5-6-7-8-9-10(11)12;;;/h2-9H2,1H3,(H,11,12);1H2;;/q;;;+2/p-2. The molecule has 0 radical (unpaired) electrons. The molecule has 5 heteroatoms. The fourth-order valence-electron chi connectivity index (χ4n) is 1.37. The SMILES string of the molecule is CCCCCCCCCC(=O)[O][Ti](=[O])[OH]. The molecule has 0 spiro atoms. The second kappa shape index (κ2) is 10.5. The van der Waals surface area contributed by atoms with Crippen molar-refractivity contribution in [2.45, 2.75) is 58.3 Å². The summed E-state index contributed by atoms with van der Waals surface area (Å²) in [7, 11) is 0. The van der Waals surface area contributed by atoms with Gasteiger partial charge in [0.25, 0.3) is 0 Å². The molecule has 0 fully saturated rings. The van der Waals surface area contributed by atoms with Crippen molar-refractivity contribution in [2.75, 3.05) is 0 Å². The van der Waals surface area contributed by atoms with Gasteiger partial charge in [-0.05, 0) is 0 Å². The summed E-state index contributed by atoms with van der Waals surface area (Å²) in [4.78, 5) is 10.8. The molecule has 0 heterocycles. The Balaban J connectivity index is 3.16. The number of carbonyl (C=O) groups is 1.